The molecule has 0 saturated heterocycles. The highest BCUT2D eigenvalue weighted by Crippen LogP contribution is 2.21. The number of carbonyl (C=O) groups is 20. The van der Waals surface area contributed by atoms with Gasteiger partial charge in [0.15, 0.2) is 5.78 Å². The van der Waals surface area contributed by atoms with Crippen LogP contribution in [-0.2, 0) is 102 Å². The lowest BCUT2D eigenvalue weighted by Gasteiger charge is -2.30. The zero-order valence-corrected chi connectivity index (χ0v) is 64.1. The fourth-order valence-electron chi connectivity index (χ4n) is 11.4. The minimum Gasteiger partial charge on any atom is -0.481 e. The molecule has 13 amide bonds. The Morgan fingerprint density at radius 3 is 1.51 bits per heavy atom. The van der Waals surface area contributed by atoms with Gasteiger partial charge in [0.25, 0.3) is 0 Å². The number of nitrogens with two attached hydrogens (primary N) is 4. The average molecular weight is 1640 g/mol. The van der Waals surface area contributed by atoms with Crippen LogP contribution >= 0.6 is 0 Å². The molecule has 0 fully saturated rings. The fourth-order valence-corrected chi connectivity index (χ4v) is 11.4. The van der Waals surface area contributed by atoms with Gasteiger partial charge in [-0.15, -0.1) is 0 Å². The number of aliphatic carboxylic acids is 5. The summed E-state index contributed by atoms with van der Waals surface area (Å²) in [4.78, 5) is 270. The molecule has 13 atom stereocenters. The Morgan fingerprint density at radius 1 is 0.466 bits per heavy atom. The molecule has 1 aromatic heterocycles. The van der Waals surface area contributed by atoms with Gasteiger partial charge in [-0.3, -0.25) is 86.3 Å². The number of aromatic nitrogens is 1. The van der Waals surface area contributed by atoms with Gasteiger partial charge in [-0.2, -0.15) is 0 Å². The van der Waals surface area contributed by atoms with Crippen LogP contribution in [-0.4, -0.2) is 253 Å². The summed E-state index contributed by atoms with van der Waals surface area (Å²) in [7, 11) is 0. The molecule has 0 spiro atoms. The molecular formula is C72H103N17O27. The minimum absolute atomic E-state index is 0.0236. The molecule has 27 N–H and O–H groups in total. The number of Topliss-reactive ketones (excluding diaryl/α,β-unsaturated/α-hetero) is 1. The zero-order valence-electron chi connectivity index (χ0n) is 64.1. The summed E-state index contributed by atoms with van der Waals surface area (Å²) in [5.41, 5.74) is 23.4. The average Bonchev–Trinajstić information content (AvgIpc) is 1.67. The van der Waals surface area contributed by atoms with Crippen molar-refractivity contribution >= 4 is 135 Å². The van der Waals surface area contributed by atoms with Crippen LogP contribution < -0.4 is 86.7 Å². The van der Waals surface area contributed by atoms with Gasteiger partial charge < -0.3 is 127 Å². The van der Waals surface area contributed by atoms with E-state index < -0.39 is 255 Å². The molecule has 0 unspecified atom stereocenters. The number of nitrogens with one attached hydrogen (secondary N) is 13. The van der Waals surface area contributed by atoms with Crippen molar-refractivity contribution in [3.05, 3.63) is 65.9 Å². The fraction of sp³-hybridized carbons (Fsp3) is 0.528. The summed E-state index contributed by atoms with van der Waals surface area (Å²) < 4.78 is 5.66. The quantitative estimate of drug-likeness (QED) is 0.0108. The van der Waals surface area contributed by atoms with Gasteiger partial charge in [0, 0.05) is 47.6 Å². The number of para-hydroxylation sites is 2. The summed E-state index contributed by atoms with van der Waals surface area (Å²) in [6.45, 7) is 1.52. The van der Waals surface area contributed by atoms with Gasteiger partial charge in [0.1, 0.15) is 66.5 Å². The molecule has 0 aliphatic carbocycles. The maximum atomic E-state index is 14.8. The van der Waals surface area contributed by atoms with E-state index in [1.54, 1.807) is 30.5 Å². The minimum atomic E-state index is -2.46. The smallest absolute Gasteiger partial charge is 0.329 e. The first-order chi connectivity index (χ1) is 54.7. The van der Waals surface area contributed by atoms with E-state index in [1.165, 1.54) is 31.2 Å². The Bertz CT molecular complexity index is 4020. The summed E-state index contributed by atoms with van der Waals surface area (Å²) in [6.07, 6.45) is -2.03. The Balaban J connectivity index is 2.17. The van der Waals surface area contributed by atoms with Crippen LogP contribution in [0.15, 0.2) is 54.7 Å². The van der Waals surface area contributed by atoms with Crippen molar-refractivity contribution in [2.75, 3.05) is 32.0 Å². The number of aliphatic hydroxyl groups is 1. The molecule has 0 bridgehead atoms. The second-order valence-electron chi connectivity index (χ2n) is 27.1. The number of ketones is 1. The summed E-state index contributed by atoms with van der Waals surface area (Å²) in [5.74, 6) is -29.4. The highest BCUT2D eigenvalue weighted by Gasteiger charge is 2.41. The molecule has 0 saturated carbocycles. The number of hydrogen-bond acceptors (Lipinski definition) is 25. The number of primary amides is 1. The first kappa shape index (κ1) is 97.5. The SMILES string of the molecule is CCCCCCCCCC(=O)N[C@@H](Cc1c[nH]c2ccccc12)C(=O)N[C@H](CC(N)=O)C(=O)N[C@@H](CC(=O)O)C(=O)N[C@H](C(=O)NCC(=O)N[C@@H](CCCN)C(=O)N[C@@H](CC(=O)O)C(=O)O)[C@@H](C)OC(=O)[C@H](CC(=O)c1ccccc1N)NC(=O)[C@@H](NC(=O)[C@@H](CO)NC(=O)CNC(=O)[C@H](CC(=O)O)NC(=O)[C@H](C)N)[C@H](C)CC(=O)O. The summed E-state index contributed by atoms with van der Waals surface area (Å²) >= 11 is 0. The molecule has 44 heteroatoms. The lowest BCUT2D eigenvalue weighted by Crippen LogP contribution is -2.62. The van der Waals surface area contributed by atoms with E-state index in [4.69, 9.17) is 27.7 Å². The number of benzene rings is 2. The van der Waals surface area contributed by atoms with Crippen LogP contribution in [0.5, 0.6) is 0 Å². The number of amides is 13. The second kappa shape index (κ2) is 49.7. The maximum absolute atomic E-state index is 14.8. The molecule has 44 nitrogen and oxygen atoms in total. The van der Waals surface area contributed by atoms with Crippen LogP contribution in [0, 0.1) is 5.92 Å². The van der Waals surface area contributed by atoms with Crippen LogP contribution in [0.1, 0.15) is 146 Å². The zero-order chi connectivity index (χ0) is 87.1. The topological polar surface area (TPSA) is 736 Å². The highest BCUT2D eigenvalue weighted by molar-refractivity contribution is 6.05. The Hall–Kier alpha value is -12.7. The first-order valence-electron chi connectivity index (χ1n) is 36.8. The number of carboxylic acid groups (broad SMARTS) is 5. The van der Waals surface area contributed by atoms with Gasteiger partial charge in [-0.25, -0.2) is 9.59 Å². The number of H-pyrrole nitrogens is 1. The number of aromatic amines is 1. The van der Waals surface area contributed by atoms with E-state index >= 15 is 0 Å². The number of carbonyl (C=O) groups excluding carboxylic acids is 15. The third-order valence-electron chi connectivity index (χ3n) is 17.5. The molecule has 1 heterocycles. The van der Waals surface area contributed by atoms with E-state index in [0.29, 0.717) is 29.3 Å². The van der Waals surface area contributed by atoms with Gasteiger partial charge in [0.2, 0.25) is 76.8 Å². The number of rotatable bonds is 55. The number of esters is 1. The maximum Gasteiger partial charge on any atom is 0.329 e. The first-order valence-corrected chi connectivity index (χ1v) is 36.8. The van der Waals surface area contributed by atoms with Gasteiger partial charge in [-0.05, 0) is 69.3 Å². The molecule has 638 valence electrons. The van der Waals surface area contributed by atoms with E-state index in [0.717, 1.165) is 46.0 Å². The van der Waals surface area contributed by atoms with E-state index in [-0.39, 0.29) is 43.5 Å². The Labute approximate surface area is 663 Å². The number of carboxylic acids is 5. The van der Waals surface area contributed by atoms with Crippen molar-refractivity contribution in [1.82, 2.24) is 68.8 Å². The van der Waals surface area contributed by atoms with Gasteiger partial charge in [-0.1, -0.05) is 82.7 Å². The lowest BCUT2D eigenvalue weighted by atomic mass is 9.96. The predicted molar refractivity (Wildman–Crippen MR) is 404 cm³/mol. The number of ether oxygens (including phenoxy) is 1. The van der Waals surface area contributed by atoms with Gasteiger partial charge in [0.05, 0.1) is 57.8 Å². The third-order valence-corrected chi connectivity index (χ3v) is 17.5. The monoisotopic (exact) mass is 1640 g/mol. The third kappa shape index (κ3) is 34.7. The molecule has 0 radical (unpaired) electrons. The summed E-state index contributed by atoms with van der Waals surface area (Å²) in [5, 5.41) is 85.0. The van der Waals surface area contributed by atoms with E-state index in [2.05, 4.69) is 59.8 Å². The number of aliphatic hydroxyl groups excluding tert-OH is 1. The Morgan fingerprint density at radius 2 is 0.940 bits per heavy atom. The van der Waals surface area contributed by atoms with Crippen LogP contribution in [0.2, 0.25) is 0 Å². The normalized spacial score (nSPS) is 14.3. The molecule has 3 aromatic rings. The number of fused-ring (bicyclic) bond motifs is 1. The highest BCUT2D eigenvalue weighted by atomic mass is 16.5. The predicted octanol–water partition coefficient (Wildman–Crippen LogP) is -5.71. The van der Waals surface area contributed by atoms with Crippen LogP contribution in [0.3, 0.4) is 0 Å². The van der Waals surface area contributed by atoms with E-state index in [1.807, 2.05) is 16.0 Å². The number of nitrogen functional groups attached to an aromatic ring is 1. The van der Waals surface area contributed by atoms with E-state index in [9.17, 15) is 127 Å². The van der Waals surface area contributed by atoms with Crippen LogP contribution in [0.25, 0.3) is 10.9 Å². The second-order valence-corrected chi connectivity index (χ2v) is 27.1. The molecule has 116 heavy (non-hydrogen) atoms. The largest absolute Gasteiger partial charge is 0.481 e. The van der Waals surface area contributed by atoms with Crippen molar-refractivity contribution in [3.63, 3.8) is 0 Å². The molecule has 0 aliphatic rings. The molecular weight excluding hydrogens is 1530 g/mol. The van der Waals surface area contributed by atoms with Crippen molar-refractivity contribution < 1.29 is 131 Å². The standard InChI is InChI=1S/C72H103N17O27/c1-5-6-7-8-9-10-11-22-53(93)81-44(25-38-31-77-42-20-15-13-17-39(38)42)65(107)84-45(27-52(76)92)66(108)85-47(29-58(100)101)67(109)89-61(69(111)79-33-54(94)80-43(21-16-23-73)64(106)86-48(71(113)114)30-59(102)103)37(4)116-72(115)49(26-51(91)40-18-12-14-19-41(40)75)87-70(112)60(35(2)24-56(96)97)88-68(110)50(34-90)82-55(95)32-78-63(105)46(28-57(98)99)83-62(104)36(3)74/h12-15,17-20,31,35-37,43-50,60-61,77,90H,5-11,16,21-30,32-34,73-75H2,1-4H3,(H2,76,92)(H,78,105)(H,79,111)(H,80,94)(H,81,93)(H,82,95)(H,83,104)(H,84,107)(H,85,108)(H,86,106)(H,87,112)(H,88,110)(H,89,109)(H,96,97)(H,98,99)(H,100,101)(H,102,103)(H,113,114)/t35-,36+,37-,43+,44+,45-,46+,47+,48+,49+,50-,60+,61+/m1/s1. The number of hydrogen-bond donors (Lipinski definition) is 23. The van der Waals surface area contributed by atoms with Crippen LogP contribution in [0.4, 0.5) is 5.69 Å². The number of unbranched alkanes of at least 4 members (excludes halogenated alkanes) is 6. The van der Waals surface area contributed by atoms with Gasteiger partial charge >= 0.3 is 35.8 Å². The van der Waals surface area contributed by atoms with Crippen molar-refractivity contribution in [2.45, 2.75) is 209 Å². The van der Waals surface area contributed by atoms with Crippen molar-refractivity contribution in [2.24, 2.45) is 23.1 Å². The molecule has 0 aliphatic heterocycles. The van der Waals surface area contributed by atoms with Crippen molar-refractivity contribution in [1.29, 1.82) is 0 Å². The van der Waals surface area contributed by atoms with Crippen molar-refractivity contribution in [3.8, 4) is 0 Å². The Kier molecular flexibility index (Phi) is 41.7. The summed E-state index contributed by atoms with van der Waals surface area (Å²) in [6, 6.07) is -9.63. The number of anilines is 1. The molecule has 3 rings (SSSR count). The lowest BCUT2D eigenvalue weighted by molar-refractivity contribution is -0.156. The molecule has 2 aromatic carbocycles.